The van der Waals surface area contributed by atoms with Gasteiger partial charge in [-0.3, -0.25) is 0 Å². The van der Waals surface area contributed by atoms with Crippen LogP contribution in [0, 0.1) is 0 Å². The lowest BCUT2D eigenvalue weighted by molar-refractivity contribution is 0.147. The minimum atomic E-state index is 0.00134. The van der Waals surface area contributed by atoms with Gasteiger partial charge in [-0.25, -0.2) is 0 Å². The van der Waals surface area contributed by atoms with Crippen LogP contribution in [0.1, 0.15) is 17.9 Å². The molecule has 0 amide bonds. The fourth-order valence-electron chi connectivity index (χ4n) is 2.22. The summed E-state index contributed by atoms with van der Waals surface area (Å²) in [4.78, 5) is 2.14. The molecule has 0 radical (unpaired) electrons. The van der Waals surface area contributed by atoms with Gasteiger partial charge in [0.1, 0.15) is 0 Å². The van der Waals surface area contributed by atoms with Crippen LogP contribution >= 0.6 is 0 Å². The molecule has 1 aromatic carbocycles. The van der Waals surface area contributed by atoms with Crippen LogP contribution in [0.15, 0.2) is 30.3 Å². The number of benzene rings is 1. The first-order valence-electron chi connectivity index (χ1n) is 5.04. The van der Waals surface area contributed by atoms with Crippen molar-refractivity contribution < 1.29 is 5.11 Å². The highest BCUT2D eigenvalue weighted by Gasteiger charge is 2.55. The molecule has 2 unspecified atom stereocenters. The third-order valence-corrected chi connectivity index (χ3v) is 3.41. The van der Waals surface area contributed by atoms with Crippen molar-refractivity contribution in [3.63, 3.8) is 0 Å². The molecule has 1 saturated carbocycles. The first kappa shape index (κ1) is 9.69. The monoisotopic (exact) mass is 191 g/mol. The Balaban J connectivity index is 2.18. The van der Waals surface area contributed by atoms with Gasteiger partial charge in [0.2, 0.25) is 0 Å². The van der Waals surface area contributed by atoms with Gasteiger partial charge >= 0.3 is 0 Å². The van der Waals surface area contributed by atoms with Gasteiger partial charge in [-0.1, -0.05) is 30.3 Å². The summed E-state index contributed by atoms with van der Waals surface area (Å²) in [5.41, 5.74) is 1.34. The highest BCUT2D eigenvalue weighted by molar-refractivity contribution is 5.33. The molecule has 2 heteroatoms. The van der Waals surface area contributed by atoms with E-state index in [-0.39, 0.29) is 12.1 Å². The minimum Gasteiger partial charge on any atom is -0.394 e. The van der Waals surface area contributed by atoms with E-state index < -0.39 is 0 Å². The number of likely N-dealkylation sites (N-methyl/N-ethyl adjacent to an activating group) is 1. The molecule has 2 nitrogen and oxygen atoms in total. The summed E-state index contributed by atoms with van der Waals surface area (Å²) >= 11 is 0. The minimum absolute atomic E-state index is 0.00134. The van der Waals surface area contributed by atoms with Crippen LogP contribution < -0.4 is 0 Å². The van der Waals surface area contributed by atoms with Crippen molar-refractivity contribution in [2.75, 3.05) is 20.7 Å². The lowest BCUT2D eigenvalue weighted by Crippen LogP contribution is -2.35. The molecule has 0 bridgehead atoms. The predicted molar refractivity (Wildman–Crippen MR) is 57.3 cm³/mol. The van der Waals surface area contributed by atoms with Crippen LogP contribution in [0.25, 0.3) is 0 Å². The second-order valence-corrected chi connectivity index (χ2v) is 4.32. The Hall–Kier alpha value is -0.860. The van der Waals surface area contributed by atoms with E-state index in [2.05, 4.69) is 29.2 Å². The second-order valence-electron chi connectivity index (χ2n) is 4.32. The molecule has 0 spiro atoms. The zero-order valence-corrected chi connectivity index (χ0v) is 8.77. The van der Waals surface area contributed by atoms with Gasteiger partial charge in [0.15, 0.2) is 0 Å². The van der Waals surface area contributed by atoms with Gasteiger partial charge in [-0.15, -0.1) is 0 Å². The number of aliphatic hydroxyl groups is 1. The molecule has 0 saturated heterocycles. The van der Waals surface area contributed by atoms with Crippen molar-refractivity contribution in [3.8, 4) is 0 Å². The maximum absolute atomic E-state index is 9.42. The topological polar surface area (TPSA) is 23.5 Å². The van der Waals surface area contributed by atoms with Crippen molar-refractivity contribution in [2.24, 2.45) is 0 Å². The molecular formula is C12H17NO. The van der Waals surface area contributed by atoms with E-state index in [1.54, 1.807) is 0 Å². The lowest BCUT2D eigenvalue weighted by Gasteiger charge is -2.23. The number of rotatable bonds is 3. The maximum atomic E-state index is 9.42. The van der Waals surface area contributed by atoms with E-state index in [1.807, 2.05) is 20.2 Å². The van der Waals surface area contributed by atoms with Gasteiger partial charge in [-0.2, -0.15) is 0 Å². The predicted octanol–water partition coefficient (Wildman–Crippen LogP) is 1.47. The average molecular weight is 191 g/mol. The zero-order valence-electron chi connectivity index (χ0n) is 8.77. The Bertz CT molecular complexity index is 309. The fourth-order valence-corrected chi connectivity index (χ4v) is 2.22. The second kappa shape index (κ2) is 3.37. The largest absolute Gasteiger partial charge is 0.394 e. The Morgan fingerprint density at radius 2 is 2.00 bits per heavy atom. The molecule has 2 atom stereocenters. The Morgan fingerprint density at radius 3 is 2.43 bits per heavy atom. The Morgan fingerprint density at radius 1 is 1.36 bits per heavy atom. The summed E-state index contributed by atoms with van der Waals surface area (Å²) in [6, 6.07) is 10.4. The number of hydrogen-bond acceptors (Lipinski definition) is 2. The Kier molecular flexibility index (Phi) is 2.33. The molecule has 1 N–H and O–H groups in total. The van der Waals surface area contributed by atoms with E-state index in [9.17, 15) is 5.11 Å². The van der Waals surface area contributed by atoms with Crippen molar-refractivity contribution in [1.82, 2.24) is 4.90 Å². The Labute approximate surface area is 85.2 Å². The molecule has 1 aromatic rings. The van der Waals surface area contributed by atoms with Gasteiger partial charge in [0, 0.05) is 5.92 Å². The van der Waals surface area contributed by atoms with E-state index >= 15 is 0 Å². The molecule has 14 heavy (non-hydrogen) atoms. The summed E-state index contributed by atoms with van der Waals surface area (Å²) in [5, 5.41) is 9.42. The number of hydrogen-bond donors (Lipinski definition) is 1. The van der Waals surface area contributed by atoms with Crippen molar-refractivity contribution >= 4 is 0 Å². The van der Waals surface area contributed by atoms with Gasteiger partial charge in [0.25, 0.3) is 0 Å². The molecule has 1 fully saturated rings. The van der Waals surface area contributed by atoms with E-state index in [4.69, 9.17) is 0 Å². The lowest BCUT2D eigenvalue weighted by atomic mass is 10.1. The molecule has 1 aliphatic carbocycles. The van der Waals surface area contributed by atoms with Crippen molar-refractivity contribution in [2.45, 2.75) is 17.9 Å². The summed E-state index contributed by atoms with van der Waals surface area (Å²) in [7, 11) is 4.08. The molecule has 0 heterocycles. The molecule has 1 aliphatic rings. The summed E-state index contributed by atoms with van der Waals surface area (Å²) in [5.74, 6) is 0.503. The van der Waals surface area contributed by atoms with Gasteiger partial charge < -0.3 is 10.0 Å². The molecule has 0 aliphatic heterocycles. The molecule has 76 valence electrons. The van der Waals surface area contributed by atoms with Gasteiger partial charge in [0.05, 0.1) is 12.1 Å². The van der Waals surface area contributed by atoms with Crippen molar-refractivity contribution in [3.05, 3.63) is 35.9 Å². The van der Waals surface area contributed by atoms with Crippen molar-refractivity contribution in [1.29, 1.82) is 0 Å². The SMILES string of the molecule is CN(C)C1(CO)CC1c1ccccc1. The van der Waals surface area contributed by atoms with Gasteiger partial charge in [-0.05, 0) is 26.1 Å². The van der Waals surface area contributed by atoms with Crippen LogP contribution in [0.5, 0.6) is 0 Å². The number of aliphatic hydroxyl groups excluding tert-OH is 1. The smallest absolute Gasteiger partial charge is 0.0621 e. The van der Waals surface area contributed by atoms with Crippen LogP contribution in [0.2, 0.25) is 0 Å². The molecule has 0 aromatic heterocycles. The highest BCUT2D eigenvalue weighted by Crippen LogP contribution is 2.54. The number of nitrogens with zero attached hydrogens (tertiary/aromatic N) is 1. The van der Waals surface area contributed by atoms with E-state index in [0.29, 0.717) is 5.92 Å². The van der Waals surface area contributed by atoms with Crippen LogP contribution in [-0.4, -0.2) is 36.2 Å². The molecule has 2 rings (SSSR count). The average Bonchev–Trinajstić information content (AvgIpc) is 2.95. The zero-order chi connectivity index (χ0) is 10.2. The van der Waals surface area contributed by atoms with E-state index in [1.165, 1.54) is 5.56 Å². The quantitative estimate of drug-likeness (QED) is 0.782. The maximum Gasteiger partial charge on any atom is 0.0621 e. The first-order chi connectivity index (χ1) is 6.70. The van der Waals surface area contributed by atoms with Crippen LogP contribution in [0.3, 0.4) is 0 Å². The van der Waals surface area contributed by atoms with Crippen LogP contribution in [0.4, 0.5) is 0 Å². The third kappa shape index (κ3) is 1.35. The summed E-state index contributed by atoms with van der Waals surface area (Å²) < 4.78 is 0. The normalized spacial score (nSPS) is 30.7. The standard InChI is InChI=1S/C12H17NO/c1-13(2)12(9-14)8-11(12)10-6-4-3-5-7-10/h3-7,11,14H,8-9H2,1-2H3. The highest BCUT2D eigenvalue weighted by atomic mass is 16.3. The summed E-state index contributed by atoms with van der Waals surface area (Å²) in [6.45, 7) is 0.250. The molecular weight excluding hydrogens is 174 g/mol. The van der Waals surface area contributed by atoms with E-state index in [0.717, 1.165) is 6.42 Å². The third-order valence-electron chi connectivity index (χ3n) is 3.41. The van der Waals surface area contributed by atoms with Crippen LogP contribution in [-0.2, 0) is 0 Å². The summed E-state index contributed by atoms with van der Waals surface area (Å²) in [6.07, 6.45) is 1.07. The first-order valence-corrected chi connectivity index (χ1v) is 5.04. The fraction of sp³-hybridized carbons (Fsp3) is 0.500.